The number of benzene rings is 2. The Labute approximate surface area is 273 Å². The SMILES string of the molecule is Cc1ccc(C)c(Cn2c(C)c(CCNc3ncnc4c3ncn4[C@@H]3O[C@H](C(=O)NC4CC4)[C@H]4OC(C)(C)O[C@H]43)c3ccccc32)c1. The summed E-state index contributed by atoms with van der Waals surface area (Å²) in [5, 5.41) is 7.85. The van der Waals surface area contributed by atoms with Gasteiger partial charge in [-0.05, 0) is 76.6 Å². The van der Waals surface area contributed by atoms with Crippen LogP contribution in [0.3, 0.4) is 0 Å². The minimum absolute atomic E-state index is 0.168. The molecule has 11 nitrogen and oxygen atoms in total. The number of amides is 1. The van der Waals surface area contributed by atoms with Crippen LogP contribution in [-0.2, 0) is 32.0 Å². The first-order valence-electron chi connectivity index (χ1n) is 16.5. The van der Waals surface area contributed by atoms with Crippen LogP contribution in [0.2, 0.25) is 0 Å². The molecule has 3 fully saturated rings. The molecule has 5 aromatic rings. The molecule has 244 valence electrons. The third kappa shape index (κ3) is 5.46. The van der Waals surface area contributed by atoms with Crippen molar-refractivity contribution in [1.82, 2.24) is 29.4 Å². The summed E-state index contributed by atoms with van der Waals surface area (Å²) >= 11 is 0. The van der Waals surface area contributed by atoms with Gasteiger partial charge in [-0.1, -0.05) is 42.0 Å². The van der Waals surface area contributed by atoms with E-state index in [0.29, 0.717) is 23.5 Å². The minimum atomic E-state index is -0.840. The molecule has 2 aliphatic heterocycles. The number of hydrogen-bond acceptors (Lipinski definition) is 8. The molecule has 0 unspecified atom stereocenters. The van der Waals surface area contributed by atoms with E-state index in [1.165, 1.54) is 45.2 Å². The maximum atomic E-state index is 13.1. The second-order valence-corrected chi connectivity index (χ2v) is 13.6. The average molecular weight is 636 g/mol. The van der Waals surface area contributed by atoms with Crippen LogP contribution < -0.4 is 10.6 Å². The number of para-hydroxylation sites is 1. The number of nitrogens with one attached hydrogen (secondary N) is 2. The lowest BCUT2D eigenvalue weighted by Crippen LogP contribution is -2.43. The summed E-state index contributed by atoms with van der Waals surface area (Å²) in [4.78, 5) is 26.9. The van der Waals surface area contributed by atoms with E-state index in [2.05, 4.69) is 88.4 Å². The molecule has 1 aliphatic carbocycles. The Morgan fingerprint density at radius 3 is 2.66 bits per heavy atom. The first kappa shape index (κ1) is 30.0. The van der Waals surface area contributed by atoms with Gasteiger partial charge in [-0.3, -0.25) is 9.36 Å². The van der Waals surface area contributed by atoms with E-state index in [9.17, 15) is 4.79 Å². The molecule has 0 bridgehead atoms. The molecule has 1 amide bonds. The van der Waals surface area contributed by atoms with Gasteiger partial charge in [-0.25, -0.2) is 15.0 Å². The minimum Gasteiger partial charge on any atom is -0.368 e. The first-order valence-corrected chi connectivity index (χ1v) is 16.5. The first-order chi connectivity index (χ1) is 22.7. The number of fused-ring (bicyclic) bond motifs is 3. The van der Waals surface area contributed by atoms with E-state index >= 15 is 0 Å². The summed E-state index contributed by atoms with van der Waals surface area (Å²) in [6.07, 6.45) is 3.57. The van der Waals surface area contributed by atoms with Gasteiger partial charge < -0.3 is 29.4 Å². The van der Waals surface area contributed by atoms with Crippen LogP contribution in [-0.4, -0.2) is 66.7 Å². The molecule has 11 heteroatoms. The number of hydrogen-bond donors (Lipinski definition) is 2. The average Bonchev–Trinajstić information content (AvgIpc) is 3.39. The monoisotopic (exact) mass is 635 g/mol. The van der Waals surface area contributed by atoms with Crippen LogP contribution in [0, 0.1) is 20.8 Å². The molecule has 1 saturated carbocycles. The van der Waals surface area contributed by atoms with Crippen molar-refractivity contribution in [2.75, 3.05) is 11.9 Å². The van der Waals surface area contributed by atoms with Crippen molar-refractivity contribution in [2.45, 2.75) is 96.8 Å². The van der Waals surface area contributed by atoms with Gasteiger partial charge >= 0.3 is 0 Å². The fourth-order valence-corrected chi connectivity index (χ4v) is 7.16. The van der Waals surface area contributed by atoms with Crippen molar-refractivity contribution in [1.29, 1.82) is 0 Å². The van der Waals surface area contributed by atoms with Crippen LogP contribution >= 0.6 is 0 Å². The van der Waals surface area contributed by atoms with Crippen LogP contribution in [0.1, 0.15) is 60.9 Å². The van der Waals surface area contributed by atoms with Crippen molar-refractivity contribution in [3.63, 3.8) is 0 Å². The number of aromatic nitrogens is 5. The summed E-state index contributed by atoms with van der Waals surface area (Å²) in [5.74, 6) is -0.362. The second kappa shape index (κ2) is 11.4. The largest absolute Gasteiger partial charge is 0.368 e. The zero-order valence-corrected chi connectivity index (χ0v) is 27.5. The number of anilines is 1. The van der Waals surface area contributed by atoms with Crippen LogP contribution in [0.15, 0.2) is 55.1 Å². The smallest absolute Gasteiger partial charge is 0.252 e. The lowest BCUT2D eigenvalue weighted by molar-refractivity contribution is -0.197. The fourth-order valence-electron chi connectivity index (χ4n) is 7.16. The Balaban J connectivity index is 1.03. The zero-order chi connectivity index (χ0) is 32.4. The zero-order valence-electron chi connectivity index (χ0n) is 27.5. The highest BCUT2D eigenvalue weighted by Crippen LogP contribution is 2.44. The van der Waals surface area contributed by atoms with Gasteiger partial charge in [0.1, 0.15) is 18.5 Å². The van der Waals surface area contributed by atoms with Gasteiger partial charge in [0.15, 0.2) is 35.1 Å². The molecular weight excluding hydrogens is 594 g/mol. The molecule has 2 saturated heterocycles. The molecular formula is C36H41N7O4. The van der Waals surface area contributed by atoms with E-state index in [1.54, 1.807) is 6.33 Å². The van der Waals surface area contributed by atoms with Gasteiger partial charge in [0, 0.05) is 35.7 Å². The number of ether oxygens (including phenoxy) is 3. The van der Waals surface area contributed by atoms with Crippen LogP contribution in [0.4, 0.5) is 5.82 Å². The molecule has 8 rings (SSSR count). The summed E-state index contributed by atoms with van der Waals surface area (Å²) in [6.45, 7) is 11.8. The van der Waals surface area contributed by atoms with Crippen LogP contribution in [0.25, 0.3) is 22.1 Å². The molecule has 4 atom stereocenters. The predicted octanol–water partition coefficient (Wildman–Crippen LogP) is 5.11. The van der Waals surface area contributed by atoms with Crippen molar-refractivity contribution >= 4 is 33.8 Å². The quantitative estimate of drug-likeness (QED) is 0.230. The second-order valence-electron chi connectivity index (χ2n) is 13.6. The molecule has 47 heavy (non-hydrogen) atoms. The highest BCUT2D eigenvalue weighted by atomic mass is 16.8. The lowest BCUT2D eigenvalue weighted by Gasteiger charge is -2.24. The summed E-state index contributed by atoms with van der Waals surface area (Å²) in [7, 11) is 0. The van der Waals surface area contributed by atoms with Gasteiger partial charge in [-0.2, -0.15) is 0 Å². The van der Waals surface area contributed by atoms with E-state index in [4.69, 9.17) is 19.2 Å². The third-order valence-corrected chi connectivity index (χ3v) is 9.71. The topological polar surface area (TPSA) is 117 Å². The fraction of sp³-hybridized carbons (Fsp3) is 0.444. The number of rotatable bonds is 9. The lowest BCUT2D eigenvalue weighted by atomic mass is 10.1. The standard InChI is InChI=1S/C36H41N7O4/c1-20-10-11-21(2)23(16-20)17-42-22(3)25(26-8-6-7-9-27(26)42)14-15-37-32-28-33(39-18-38-32)43(19-40-28)35-31-29(46-36(4,5)47-31)30(45-35)34(44)41-24-12-13-24/h6-11,16,18-19,24,29-31,35H,12-15,17H2,1-5H3,(H,41,44)(H,37,38,39)/t29-,30+,31-,35-/m1/s1. The van der Waals surface area contributed by atoms with E-state index in [-0.39, 0.29) is 11.9 Å². The maximum absolute atomic E-state index is 13.1. The number of nitrogens with zero attached hydrogens (tertiary/aromatic N) is 5. The van der Waals surface area contributed by atoms with E-state index in [0.717, 1.165) is 25.8 Å². The van der Waals surface area contributed by atoms with Crippen LogP contribution in [0.5, 0.6) is 0 Å². The van der Waals surface area contributed by atoms with E-state index in [1.807, 2.05) is 18.4 Å². The maximum Gasteiger partial charge on any atom is 0.252 e. The van der Waals surface area contributed by atoms with Gasteiger partial charge in [-0.15, -0.1) is 0 Å². The van der Waals surface area contributed by atoms with Gasteiger partial charge in [0.25, 0.3) is 5.91 Å². The van der Waals surface area contributed by atoms with Gasteiger partial charge in [0.2, 0.25) is 0 Å². The number of imidazole rings is 1. The highest BCUT2D eigenvalue weighted by Gasteiger charge is 2.58. The number of carbonyl (C=O) groups excluding carboxylic acids is 1. The normalized spacial score (nSPS) is 23.4. The van der Waals surface area contributed by atoms with Crippen molar-refractivity contribution in [2.24, 2.45) is 0 Å². The van der Waals surface area contributed by atoms with E-state index < -0.39 is 30.3 Å². The summed E-state index contributed by atoms with van der Waals surface area (Å²) < 4.78 is 23.0. The number of carbonyl (C=O) groups is 1. The Morgan fingerprint density at radius 1 is 1.02 bits per heavy atom. The Hall–Kier alpha value is -4.32. The van der Waals surface area contributed by atoms with Crippen molar-refractivity contribution < 1.29 is 19.0 Å². The Kier molecular flexibility index (Phi) is 7.31. The molecule has 2 aromatic carbocycles. The predicted molar refractivity (Wildman–Crippen MR) is 178 cm³/mol. The van der Waals surface area contributed by atoms with Crippen molar-refractivity contribution in [3.05, 3.63) is 83.1 Å². The highest BCUT2D eigenvalue weighted by molar-refractivity contribution is 5.86. The Bertz CT molecular complexity index is 1990. The third-order valence-electron chi connectivity index (χ3n) is 9.71. The number of aryl methyl sites for hydroxylation is 2. The van der Waals surface area contributed by atoms with Crippen molar-refractivity contribution in [3.8, 4) is 0 Å². The molecule has 5 heterocycles. The van der Waals surface area contributed by atoms with Gasteiger partial charge in [0.05, 0.1) is 6.33 Å². The summed E-state index contributed by atoms with van der Waals surface area (Å²) in [5.41, 5.74) is 8.96. The molecule has 0 radical (unpaired) electrons. The Morgan fingerprint density at radius 2 is 1.83 bits per heavy atom. The summed E-state index contributed by atoms with van der Waals surface area (Å²) in [6, 6.07) is 15.5. The molecule has 2 N–H and O–H groups in total. The molecule has 3 aromatic heterocycles. The molecule has 3 aliphatic rings. The molecule has 0 spiro atoms.